The van der Waals surface area contributed by atoms with Gasteiger partial charge in [-0.1, -0.05) is 388 Å². The molecule has 0 saturated heterocycles. The molecule has 3 unspecified atom stereocenters. The average Bonchev–Trinajstić information content (AvgIpc) is 0.709. The van der Waals surface area contributed by atoms with Crippen molar-refractivity contribution in [1.82, 2.24) is 0 Å². The second-order valence-electron chi connectivity index (χ2n) is 36.1. The summed E-state index contributed by atoms with van der Waals surface area (Å²) in [6.45, 7) is 43.9. The Kier molecular flexibility index (Phi) is 48.7. The maximum Gasteiger partial charge on any atom is 0.336 e. The third-order valence-electron chi connectivity index (χ3n) is 26.3. The standard InChI is InChI=1S/C111H177O3P/c1-19-34-49-52-55-88(16)109(103-76-70-91(58-37-22-4)82-97(103)64-43-28-10,104-77-71-92(59-38-23-5)83-98(104)65-44-29-11)112-115(113-110(89(17)56-53-50-35-20-2,105-78-72-93(60-39-24-6)84-99(105)66-45-30-12)106-79-73-94(61-40-25-7)85-100(106)67-46-31-13)114-111(90(18)57-54-51-36-21-3,107-80-74-95(62-41-26-8)86-101(107)68-47-32-14)108-81-75-96(63-42-27-9)87-102(108)69-48-33-15/h70-90H,19-69H2,1-18H3. The Balaban J connectivity index is 2.15. The molecule has 0 aliphatic heterocycles. The smallest absolute Gasteiger partial charge is 0.295 e. The second-order valence-corrected chi connectivity index (χ2v) is 37.1. The van der Waals surface area contributed by atoms with Crippen LogP contribution in [0.15, 0.2) is 109 Å². The molecule has 3 nitrogen and oxygen atoms in total. The normalized spacial score (nSPS) is 13.3. The van der Waals surface area contributed by atoms with Crippen molar-refractivity contribution in [1.29, 1.82) is 0 Å². The Morgan fingerprint density at radius 1 is 0.200 bits per heavy atom. The summed E-state index contributed by atoms with van der Waals surface area (Å²) in [5.41, 5.74) is 22.5. The summed E-state index contributed by atoms with van der Waals surface area (Å²) in [7, 11) is -2.48. The van der Waals surface area contributed by atoms with Crippen LogP contribution in [0.5, 0.6) is 0 Å². The van der Waals surface area contributed by atoms with Crippen molar-refractivity contribution in [3.05, 3.63) is 209 Å². The molecule has 0 aromatic heterocycles. The summed E-state index contributed by atoms with van der Waals surface area (Å²) < 4.78 is 29.4. The predicted octanol–water partition coefficient (Wildman–Crippen LogP) is 35.0. The molecular formula is C111H177O3P. The van der Waals surface area contributed by atoms with Crippen molar-refractivity contribution in [3.63, 3.8) is 0 Å². The lowest BCUT2D eigenvalue weighted by molar-refractivity contribution is -0.0631. The van der Waals surface area contributed by atoms with Crippen molar-refractivity contribution in [3.8, 4) is 0 Å². The topological polar surface area (TPSA) is 27.7 Å². The molecule has 6 aromatic carbocycles. The first-order valence-electron chi connectivity index (χ1n) is 49.8. The first-order valence-corrected chi connectivity index (χ1v) is 50.9. The van der Waals surface area contributed by atoms with Gasteiger partial charge in [-0.15, -0.1) is 0 Å². The molecule has 0 heterocycles. The molecular weight excluding hydrogens is 1410 g/mol. The van der Waals surface area contributed by atoms with Crippen LogP contribution in [0.2, 0.25) is 0 Å². The van der Waals surface area contributed by atoms with Gasteiger partial charge in [0.15, 0.2) is 0 Å². The Morgan fingerprint density at radius 3 is 0.513 bits per heavy atom. The Bertz CT molecular complexity index is 3010. The lowest BCUT2D eigenvalue weighted by Gasteiger charge is -2.51. The molecule has 0 fully saturated rings. The van der Waals surface area contributed by atoms with Crippen molar-refractivity contribution < 1.29 is 13.6 Å². The van der Waals surface area contributed by atoms with E-state index in [1.54, 1.807) is 0 Å². The highest BCUT2D eigenvalue weighted by molar-refractivity contribution is 7.41. The molecule has 0 N–H and O–H groups in total. The molecule has 0 aliphatic carbocycles. The van der Waals surface area contributed by atoms with Gasteiger partial charge in [-0.3, -0.25) is 13.6 Å². The highest BCUT2D eigenvalue weighted by Crippen LogP contribution is 2.66. The largest absolute Gasteiger partial charge is 0.336 e. The first kappa shape index (κ1) is 99.4. The van der Waals surface area contributed by atoms with Gasteiger partial charge in [-0.05, 0) is 291 Å². The van der Waals surface area contributed by atoms with E-state index in [1.807, 2.05) is 0 Å². The van der Waals surface area contributed by atoms with Gasteiger partial charge < -0.3 is 0 Å². The van der Waals surface area contributed by atoms with E-state index >= 15 is 0 Å². The maximum absolute atomic E-state index is 9.81. The van der Waals surface area contributed by atoms with Crippen LogP contribution in [0.4, 0.5) is 0 Å². The van der Waals surface area contributed by atoms with E-state index in [0.29, 0.717) is 0 Å². The fourth-order valence-electron chi connectivity index (χ4n) is 19.0. The second kappa shape index (κ2) is 56.3. The molecule has 4 heteroatoms. The zero-order valence-electron chi connectivity index (χ0n) is 78.4. The summed E-state index contributed by atoms with van der Waals surface area (Å²) in [6, 6.07) is 47.5. The SMILES string of the molecule is CCCCCCC(C)C(OP(OC(c1ccc(CCCC)cc1CCCC)(c1ccc(CCCC)cc1CCCC)C(C)CCCCCC)OC(c1ccc(CCCC)cc1CCCC)(c1ccc(CCCC)cc1CCCC)C(C)CCCCCC)(c1ccc(CCCC)cc1CCCC)c1ccc(CCCC)cc1CCCC. The summed E-state index contributed by atoms with van der Waals surface area (Å²) in [6.07, 6.45) is 57.0. The van der Waals surface area contributed by atoms with E-state index in [2.05, 4.69) is 234 Å². The maximum atomic E-state index is 9.81. The first-order chi connectivity index (χ1) is 56.1. The zero-order valence-corrected chi connectivity index (χ0v) is 79.3. The fourth-order valence-corrected chi connectivity index (χ4v) is 20.9. The van der Waals surface area contributed by atoms with Crippen LogP contribution in [-0.4, -0.2) is 0 Å². The Hall–Kier alpha value is -4.37. The quantitative estimate of drug-likeness (QED) is 0.0281. The van der Waals surface area contributed by atoms with Gasteiger partial charge in [0.1, 0.15) is 16.8 Å². The monoisotopic (exact) mass is 1590 g/mol. The van der Waals surface area contributed by atoms with Crippen LogP contribution in [0.3, 0.4) is 0 Å². The summed E-state index contributed by atoms with van der Waals surface area (Å²) in [4.78, 5) is 0. The number of rotatable bonds is 66. The van der Waals surface area contributed by atoms with Gasteiger partial charge in [-0.25, -0.2) is 0 Å². The lowest BCUT2D eigenvalue weighted by Crippen LogP contribution is -2.45. The van der Waals surface area contributed by atoms with E-state index < -0.39 is 25.4 Å². The lowest BCUT2D eigenvalue weighted by atomic mass is 9.70. The van der Waals surface area contributed by atoms with Crippen LogP contribution >= 0.6 is 8.60 Å². The van der Waals surface area contributed by atoms with Crippen LogP contribution in [0, 0.1) is 17.8 Å². The van der Waals surface area contributed by atoms with Gasteiger partial charge in [0.05, 0.1) is 0 Å². The summed E-state index contributed by atoms with van der Waals surface area (Å²) in [5.74, 6) is 0.0386. The highest BCUT2D eigenvalue weighted by Gasteiger charge is 2.56. The minimum absolute atomic E-state index is 0.0129. The van der Waals surface area contributed by atoms with E-state index in [-0.39, 0.29) is 17.8 Å². The van der Waals surface area contributed by atoms with E-state index in [4.69, 9.17) is 0 Å². The van der Waals surface area contributed by atoms with Crippen LogP contribution < -0.4 is 0 Å². The number of aryl methyl sites for hydroxylation is 12. The fraction of sp³-hybridized carbons (Fsp3) is 0.676. The van der Waals surface area contributed by atoms with Crippen molar-refractivity contribution in [2.45, 2.75) is 469 Å². The predicted molar refractivity (Wildman–Crippen MR) is 508 cm³/mol. The summed E-state index contributed by atoms with van der Waals surface area (Å²) in [5, 5.41) is 0. The van der Waals surface area contributed by atoms with Gasteiger partial charge in [-0.2, -0.15) is 0 Å². The molecule has 0 aliphatic rings. The number of benzene rings is 6. The average molecular weight is 1590 g/mol. The molecule has 6 aromatic rings. The highest BCUT2D eigenvalue weighted by atomic mass is 31.2. The minimum atomic E-state index is -2.48. The molecule has 3 atom stereocenters. The molecule has 644 valence electrons. The number of hydrogen-bond acceptors (Lipinski definition) is 3. The van der Waals surface area contributed by atoms with E-state index in [1.165, 1.54) is 235 Å². The zero-order chi connectivity index (χ0) is 83.1. The van der Waals surface area contributed by atoms with Gasteiger partial charge in [0, 0.05) is 0 Å². The van der Waals surface area contributed by atoms with Crippen LogP contribution in [-0.2, 0) is 107 Å². The van der Waals surface area contributed by atoms with E-state index in [0.717, 1.165) is 193 Å². The van der Waals surface area contributed by atoms with Crippen LogP contribution in [0.1, 0.15) is 475 Å². The third kappa shape index (κ3) is 29.2. The molecule has 0 saturated carbocycles. The molecule has 0 spiro atoms. The van der Waals surface area contributed by atoms with Gasteiger partial charge >= 0.3 is 8.60 Å². The van der Waals surface area contributed by atoms with Crippen molar-refractivity contribution in [2.75, 3.05) is 0 Å². The van der Waals surface area contributed by atoms with Crippen molar-refractivity contribution >= 4 is 8.60 Å². The minimum Gasteiger partial charge on any atom is -0.295 e. The molecule has 0 bridgehead atoms. The molecule has 115 heavy (non-hydrogen) atoms. The molecule has 0 amide bonds. The third-order valence-corrected chi connectivity index (χ3v) is 27.7. The molecule has 0 radical (unpaired) electrons. The Morgan fingerprint density at radius 2 is 0.357 bits per heavy atom. The van der Waals surface area contributed by atoms with Gasteiger partial charge in [0.2, 0.25) is 0 Å². The number of hydrogen-bond donors (Lipinski definition) is 0. The number of unbranched alkanes of at least 4 members (excludes halogenated alkanes) is 21. The van der Waals surface area contributed by atoms with E-state index in [9.17, 15) is 13.6 Å². The van der Waals surface area contributed by atoms with Crippen molar-refractivity contribution in [2.24, 2.45) is 17.8 Å². The molecule has 6 rings (SSSR count). The summed E-state index contributed by atoms with van der Waals surface area (Å²) >= 11 is 0. The van der Waals surface area contributed by atoms with Crippen LogP contribution in [0.25, 0.3) is 0 Å². The Labute approximate surface area is 713 Å². The van der Waals surface area contributed by atoms with Gasteiger partial charge in [0.25, 0.3) is 0 Å².